The Morgan fingerprint density at radius 2 is 2.27 bits per heavy atom. The van der Waals surface area contributed by atoms with Crippen molar-refractivity contribution in [1.82, 2.24) is 4.90 Å². The maximum Gasteiger partial charge on any atom is 0.0170 e. The van der Waals surface area contributed by atoms with E-state index in [1.54, 1.807) is 0 Å². The van der Waals surface area contributed by atoms with Crippen LogP contribution in [0.4, 0.5) is 0 Å². The molecule has 2 aliphatic rings. The van der Waals surface area contributed by atoms with Gasteiger partial charge < -0.3 is 10.6 Å². The van der Waals surface area contributed by atoms with Crippen LogP contribution in [0.15, 0.2) is 0 Å². The third-order valence-electron chi connectivity index (χ3n) is 3.35. The molecule has 1 aliphatic heterocycles. The van der Waals surface area contributed by atoms with Gasteiger partial charge in [-0.2, -0.15) is 0 Å². The summed E-state index contributed by atoms with van der Waals surface area (Å²) in [5, 5.41) is 0. The van der Waals surface area contributed by atoms with Crippen molar-refractivity contribution in [3.8, 4) is 0 Å². The van der Waals surface area contributed by atoms with Crippen LogP contribution in [0.25, 0.3) is 0 Å². The number of piperidine rings is 1. The first-order valence-electron chi connectivity index (χ1n) is 4.67. The van der Waals surface area contributed by atoms with Crippen LogP contribution >= 0.6 is 0 Å². The Hall–Kier alpha value is -0.0800. The summed E-state index contributed by atoms with van der Waals surface area (Å²) in [6.07, 6.45) is 2.79. The minimum Gasteiger partial charge on any atom is -0.328 e. The molecular weight excluding hydrogens is 136 g/mol. The van der Waals surface area contributed by atoms with Gasteiger partial charge >= 0.3 is 0 Å². The monoisotopic (exact) mass is 154 g/mol. The SMILES string of the molecule is CC(N)C1[C@H]2CCCN(C)[C@@H]12. The fraction of sp³-hybridized carbons (Fsp3) is 1.00. The van der Waals surface area contributed by atoms with Crippen molar-refractivity contribution in [2.24, 2.45) is 17.6 Å². The van der Waals surface area contributed by atoms with E-state index in [9.17, 15) is 0 Å². The Bertz CT molecular complexity index is 152. The highest BCUT2D eigenvalue weighted by molar-refractivity contribution is 5.08. The quantitative estimate of drug-likeness (QED) is 0.601. The average molecular weight is 154 g/mol. The summed E-state index contributed by atoms with van der Waals surface area (Å²) < 4.78 is 0. The lowest BCUT2D eigenvalue weighted by atomic mass is 10.1. The number of likely N-dealkylation sites (tertiary alicyclic amines) is 1. The summed E-state index contributed by atoms with van der Waals surface area (Å²) in [6, 6.07) is 1.24. The van der Waals surface area contributed by atoms with Gasteiger partial charge in [0.15, 0.2) is 0 Å². The van der Waals surface area contributed by atoms with Crippen LogP contribution in [0.3, 0.4) is 0 Å². The molecule has 11 heavy (non-hydrogen) atoms. The highest BCUT2D eigenvalue weighted by atomic mass is 15.2. The van der Waals surface area contributed by atoms with Crippen molar-refractivity contribution < 1.29 is 0 Å². The fourth-order valence-electron chi connectivity index (χ4n) is 2.79. The third kappa shape index (κ3) is 1.09. The summed E-state index contributed by atoms with van der Waals surface area (Å²) in [5.41, 5.74) is 5.89. The molecule has 0 radical (unpaired) electrons. The lowest BCUT2D eigenvalue weighted by Crippen LogP contribution is -2.29. The summed E-state index contributed by atoms with van der Waals surface area (Å²) in [6.45, 7) is 3.43. The highest BCUT2D eigenvalue weighted by Crippen LogP contribution is 2.49. The molecule has 2 fully saturated rings. The van der Waals surface area contributed by atoms with Gasteiger partial charge in [-0.3, -0.25) is 0 Å². The number of hydrogen-bond donors (Lipinski definition) is 1. The van der Waals surface area contributed by atoms with Crippen LogP contribution in [0.1, 0.15) is 19.8 Å². The molecule has 0 aromatic rings. The molecule has 1 saturated heterocycles. The largest absolute Gasteiger partial charge is 0.328 e. The topological polar surface area (TPSA) is 29.3 Å². The Morgan fingerprint density at radius 1 is 1.55 bits per heavy atom. The number of fused-ring (bicyclic) bond motifs is 1. The summed E-state index contributed by atoms with van der Waals surface area (Å²) >= 11 is 0. The molecule has 0 aromatic heterocycles. The summed E-state index contributed by atoms with van der Waals surface area (Å²) in [5.74, 6) is 1.75. The van der Waals surface area contributed by atoms with Crippen LogP contribution < -0.4 is 5.73 Å². The van der Waals surface area contributed by atoms with Crippen molar-refractivity contribution in [2.45, 2.75) is 31.8 Å². The van der Waals surface area contributed by atoms with Crippen LogP contribution in [-0.2, 0) is 0 Å². The summed E-state index contributed by atoms with van der Waals surface area (Å²) in [7, 11) is 2.24. The second-order valence-corrected chi connectivity index (χ2v) is 4.21. The number of nitrogens with zero attached hydrogens (tertiary/aromatic N) is 1. The van der Waals surface area contributed by atoms with Crippen molar-refractivity contribution in [1.29, 1.82) is 0 Å². The maximum atomic E-state index is 5.89. The van der Waals surface area contributed by atoms with E-state index in [1.807, 2.05) is 0 Å². The minimum absolute atomic E-state index is 0.408. The van der Waals surface area contributed by atoms with E-state index in [0.717, 1.165) is 17.9 Å². The molecule has 64 valence electrons. The molecular formula is C9H18N2. The standard InChI is InChI=1S/C9H18N2/c1-6(10)8-7-4-3-5-11(2)9(7)8/h6-9H,3-5,10H2,1-2H3/t6?,7-,8?,9-/m1/s1. The van der Waals surface area contributed by atoms with Gasteiger partial charge in [0, 0.05) is 12.1 Å². The Labute approximate surface area is 68.7 Å². The average Bonchev–Trinajstić information content (AvgIpc) is 2.62. The predicted octanol–water partition coefficient (Wildman–Crippen LogP) is 0.674. The van der Waals surface area contributed by atoms with E-state index in [-0.39, 0.29) is 0 Å². The van der Waals surface area contributed by atoms with E-state index in [4.69, 9.17) is 5.73 Å². The van der Waals surface area contributed by atoms with Gasteiger partial charge in [0.25, 0.3) is 0 Å². The van der Waals surface area contributed by atoms with Gasteiger partial charge in [0.1, 0.15) is 0 Å². The molecule has 2 N–H and O–H groups in total. The normalized spacial score (nSPS) is 46.6. The molecule has 0 spiro atoms. The van der Waals surface area contributed by atoms with Crippen molar-refractivity contribution in [3.05, 3.63) is 0 Å². The van der Waals surface area contributed by atoms with E-state index >= 15 is 0 Å². The molecule has 2 rings (SSSR count). The Kier molecular flexibility index (Phi) is 1.69. The van der Waals surface area contributed by atoms with Crippen LogP contribution in [0, 0.1) is 11.8 Å². The number of hydrogen-bond acceptors (Lipinski definition) is 2. The lowest BCUT2D eigenvalue weighted by Gasteiger charge is -2.20. The van der Waals surface area contributed by atoms with Crippen LogP contribution in [-0.4, -0.2) is 30.6 Å². The Balaban J connectivity index is 1.99. The second kappa shape index (κ2) is 2.46. The van der Waals surface area contributed by atoms with Gasteiger partial charge in [-0.1, -0.05) is 0 Å². The molecule has 4 atom stereocenters. The lowest BCUT2D eigenvalue weighted by molar-refractivity contribution is 0.258. The van der Waals surface area contributed by atoms with Crippen LogP contribution in [0.5, 0.6) is 0 Å². The first kappa shape index (κ1) is 7.56. The first-order valence-corrected chi connectivity index (χ1v) is 4.67. The van der Waals surface area contributed by atoms with Gasteiger partial charge in [-0.25, -0.2) is 0 Å². The number of nitrogens with two attached hydrogens (primary N) is 1. The zero-order chi connectivity index (χ0) is 8.01. The van der Waals surface area contributed by atoms with E-state index in [2.05, 4.69) is 18.9 Å². The van der Waals surface area contributed by atoms with Crippen molar-refractivity contribution >= 4 is 0 Å². The van der Waals surface area contributed by atoms with Crippen LogP contribution in [0.2, 0.25) is 0 Å². The zero-order valence-corrected chi connectivity index (χ0v) is 7.46. The van der Waals surface area contributed by atoms with Gasteiger partial charge in [0.2, 0.25) is 0 Å². The van der Waals surface area contributed by atoms with Gasteiger partial charge in [0.05, 0.1) is 0 Å². The highest BCUT2D eigenvalue weighted by Gasteiger charge is 2.54. The molecule has 0 bridgehead atoms. The zero-order valence-electron chi connectivity index (χ0n) is 7.46. The van der Waals surface area contributed by atoms with E-state index < -0.39 is 0 Å². The predicted molar refractivity (Wildman–Crippen MR) is 46.3 cm³/mol. The molecule has 0 amide bonds. The molecule has 0 aromatic carbocycles. The molecule has 1 saturated carbocycles. The minimum atomic E-state index is 0.408. The smallest absolute Gasteiger partial charge is 0.0170 e. The third-order valence-corrected chi connectivity index (χ3v) is 3.35. The fourth-order valence-corrected chi connectivity index (χ4v) is 2.79. The number of rotatable bonds is 1. The summed E-state index contributed by atoms with van der Waals surface area (Å²) in [4.78, 5) is 2.49. The van der Waals surface area contributed by atoms with Gasteiger partial charge in [-0.15, -0.1) is 0 Å². The van der Waals surface area contributed by atoms with Gasteiger partial charge in [-0.05, 0) is 45.2 Å². The van der Waals surface area contributed by atoms with Crippen molar-refractivity contribution in [3.63, 3.8) is 0 Å². The molecule has 1 aliphatic carbocycles. The molecule has 2 nitrogen and oxygen atoms in total. The second-order valence-electron chi connectivity index (χ2n) is 4.21. The molecule has 2 heteroatoms. The molecule has 2 unspecified atom stereocenters. The molecule has 1 heterocycles. The first-order chi connectivity index (χ1) is 5.22. The van der Waals surface area contributed by atoms with E-state index in [0.29, 0.717) is 6.04 Å². The maximum absolute atomic E-state index is 5.89. The van der Waals surface area contributed by atoms with Crippen molar-refractivity contribution in [2.75, 3.05) is 13.6 Å². The van der Waals surface area contributed by atoms with E-state index in [1.165, 1.54) is 19.4 Å². The Morgan fingerprint density at radius 3 is 2.82 bits per heavy atom.